The summed E-state index contributed by atoms with van der Waals surface area (Å²) in [5.41, 5.74) is 2.13. The highest BCUT2D eigenvalue weighted by Crippen LogP contribution is 2.35. The normalized spacial score (nSPS) is 11.0. The van der Waals surface area contributed by atoms with Crippen LogP contribution in [0, 0.1) is 18.6 Å². The topological polar surface area (TPSA) is 67.8 Å². The number of anilines is 1. The van der Waals surface area contributed by atoms with E-state index in [4.69, 9.17) is 0 Å². The molecule has 0 fully saturated rings. The molecule has 4 rings (SSSR count). The van der Waals surface area contributed by atoms with Crippen molar-refractivity contribution in [3.63, 3.8) is 0 Å². The Labute approximate surface area is 173 Å². The van der Waals surface area contributed by atoms with Gasteiger partial charge in [-0.05, 0) is 43.3 Å². The monoisotopic (exact) mass is 428 g/mol. The van der Waals surface area contributed by atoms with Crippen molar-refractivity contribution in [3.05, 3.63) is 65.2 Å². The number of rotatable bonds is 5. The highest BCUT2D eigenvalue weighted by molar-refractivity contribution is 8.00. The highest BCUT2D eigenvalue weighted by Gasteiger charge is 2.17. The molecular formula is C20H14F2N4OS2. The van der Waals surface area contributed by atoms with Crippen molar-refractivity contribution in [1.29, 1.82) is 0 Å². The van der Waals surface area contributed by atoms with Gasteiger partial charge in [-0.1, -0.05) is 23.9 Å². The number of amides is 1. The van der Waals surface area contributed by atoms with Gasteiger partial charge in [0.2, 0.25) is 5.91 Å². The second kappa shape index (κ2) is 8.22. The second-order valence-electron chi connectivity index (χ2n) is 6.09. The number of halogens is 2. The van der Waals surface area contributed by atoms with Gasteiger partial charge in [-0.15, -0.1) is 21.5 Å². The number of hydrogen-bond donors (Lipinski definition) is 1. The lowest BCUT2D eigenvalue weighted by molar-refractivity contribution is -0.113. The highest BCUT2D eigenvalue weighted by atomic mass is 32.2. The number of nitrogens with one attached hydrogen (secondary N) is 1. The number of thiazole rings is 1. The largest absolute Gasteiger partial charge is 0.323 e. The molecule has 2 aromatic heterocycles. The summed E-state index contributed by atoms with van der Waals surface area (Å²) in [5.74, 6) is -1.15. The lowest BCUT2D eigenvalue weighted by Gasteiger charge is -2.07. The Morgan fingerprint density at radius 2 is 1.86 bits per heavy atom. The summed E-state index contributed by atoms with van der Waals surface area (Å²) in [7, 11) is 0. The van der Waals surface area contributed by atoms with E-state index >= 15 is 0 Å². The lowest BCUT2D eigenvalue weighted by atomic mass is 10.1. The van der Waals surface area contributed by atoms with E-state index in [1.54, 1.807) is 24.3 Å². The van der Waals surface area contributed by atoms with Gasteiger partial charge in [-0.3, -0.25) is 4.79 Å². The molecule has 0 aliphatic rings. The molecule has 2 aromatic carbocycles. The van der Waals surface area contributed by atoms with Crippen LogP contribution in [0.15, 0.2) is 53.6 Å². The number of thioether (sulfide) groups is 1. The zero-order chi connectivity index (χ0) is 20.4. The molecule has 9 heteroatoms. The van der Waals surface area contributed by atoms with Crippen LogP contribution in [-0.4, -0.2) is 26.8 Å². The molecule has 1 N–H and O–H groups in total. The van der Waals surface area contributed by atoms with Gasteiger partial charge in [-0.2, -0.15) is 0 Å². The first-order chi connectivity index (χ1) is 14.0. The molecule has 29 heavy (non-hydrogen) atoms. The molecule has 0 saturated heterocycles. The molecule has 5 nitrogen and oxygen atoms in total. The predicted octanol–water partition coefficient (Wildman–Crippen LogP) is 5.07. The maximum absolute atomic E-state index is 13.7. The number of para-hydroxylation sites is 1. The molecule has 1 amide bonds. The third kappa shape index (κ3) is 4.25. The molecule has 0 bridgehead atoms. The standard InChI is InChI=1S/C20H14F2N4OS2/c1-11-23-18-19(29-11)17(12-6-8-13(21)9-7-12)25-26-20(18)28-10-16(27)24-15-5-3-2-4-14(15)22/h2-9H,10H2,1H3,(H,24,27). The first-order valence-electron chi connectivity index (χ1n) is 8.58. The Balaban J connectivity index is 1.57. The summed E-state index contributed by atoms with van der Waals surface area (Å²) in [5, 5.41) is 12.4. The molecule has 0 unspecified atom stereocenters. The number of carbonyl (C=O) groups is 1. The van der Waals surface area contributed by atoms with Crippen molar-refractivity contribution < 1.29 is 13.6 Å². The van der Waals surface area contributed by atoms with Crippen LogP contribution >= 0.6 is 23.1 Å². The quantitative estimate of drug-likeness (QED) is 0.450. The van der Waals surface area contributed by atoms with Gasteiger partial charge >= 0.3 is 0 Å². The first kappa shape index (κ1) is 19.4. The number of aromatic nitrogens is 3. The second-order valence-corrected chi connectivity index (χ2v) is 8.26. The predicted molar refractivity (Wildman–Crippen MR) is 111 cm³/mol. The fourth-order valence-corrected chi connectivity index (χ4v) is 4.41. The number of benzene rings is 2. The smallest absolute Gasteiger partial charge is 0.234 e. The third-order valence-electron chi connectivity index (χ3n) is 4.00. The van der Waals surface area contributed by atoms with Crippen LogP contribution in [0.3, 0.4) is 0 Å². The number of carbonyl (C=O) groups excluding carboxylic acids is 1. The van der Waals surface area contributed by atoms with Crippen molar-refractivity contribution in [1.82, 2.24) is 15.2 Å². The van der Waals surface area contributed by atoms with Crippen LogP contribution in [0.1, 0.15) is 5.01 Å². The molecule has 0 atom stereocenters. The number of hydrogen-bond acceptors (Lipinski definition) is 6. The van der Waals surface area contributed by atoms with Crippen molar-refractivity contribution in [2.45, 2.75) is 11.9 Å². The summed E-state index contributed by atoms with van der Waals surface area (Å²) in [6, 6.07) is 12.0. The Kier molecular flexibility index (Phi) is 5.50. The van der Waals surface area contributed by atoms with Gasteiger partial charge in [0.15, 0.2) is 0 Å². The molecule has 146 valence electrons. The maximum atomic E-state index is 13.7. The van der Waals surface area contributed by atoms with E-state index in [1.807, 2.05) is 6.92 Å². The Morgan fingerprint density at radius 3 is 2.62 bits per heavy atom. The van der Waals surface area contributed by atoms with Gasteiger partial charge in [0.1, 0.15) is 27.9 Å². The van der Waals surface area contributed by atoms with Crippen LogP contribution in [0.5, 0.6) is 0 Å². The van der Waals surface area contributed by atoms with Crippen LogP contribution in [0.4, 0.5) is 14.5 Å². The van der Waals surface area contributed by atoms with E-state index in [0.717, 1.165) is 15.3 Å². The van der Waals surface area contributed by atoms with Gasteiger partial charge in [0.05, 0.1) is 21.1 Å². The SMILES string of the molecule is Cc1nc2c(SCC(=O)Nc3ccccc3F)nnc(-c3ccc(F)cc3)c2s1. The zero-order valence-electron chi connectivity index (χ0n) is 15.1. The van der Waals surface area contributed by atoms with E-state index in [-0.39, 0.29) is 23.2 Å². The fraction of sp³-hybridized carbons (Fsp3) is 0.100. The van der Waals surface area contributed by atoms with Crippen LogP contribution in [-0.2, 0) is 4.79 Å². The summed E-state index contributed by atoms with van der Waals surface area (Å²) in [4.78, 5) is 16.7. The lowest BCUT2D eigenvalue weighted by Crippen LogP contribution is -2.15. The average molecular weight is 428 g/mol. The number of fused-ring (bicyclic) bond motifs is 1. The molecule has 0 spiro atoms. The van der Waals surface area contributed by atoms with Crippen molar-refractivity contribution in [2.75, 3.05) is 11.1 Å². The van der Waals surface area contributed by atoms with Crippen molar-refractivity contribution in [3.8, 4) is 11.3 Å². The summed E-state index contributed by atoms with van der Waals surface area (Å²) >= 11 is 2.64. The summed E-state index contributed by atoms with van der Waals surface area (Å²) in [6.45, 7) is 1.87. The minimum atomic E-state index is -0.494. The van der Waals surface area contributed by atoms with Crippen LogP contribution in [0.2, 0.25) is 0 Å². The molecule has 0 aliphatic heterocycles. The minimum absolute atomic E-state index is 0.0323. The van der Waals surface area contributed by atoms with Gasteiger partial charge < -0.3 is 5.32 Å². The molecule has 2 heterocycles. The Hall–Kier alpha value is -2.91. The fourth-order valence-electron chi connectivity index (χ4n) is 2.70. The van der Waals surface area contributed by atoms with Gasteiger partial charge in [-0.25, -0.2) is 13.8 Å². The third-order valence-corrected chi connectivity index (χ3v) is 5.93. The van der Waals surface area contributed by atoms with Gasteiger partial charge in [0.25, 0.3) is 0 Å². The Bertz CT molecular complexity index is 1200. The number of aryl methyl sites for hydroxylation is 1. The molecule has 0 saturated carbocycles. The molecule has 4 aromatic rings. The number of nitrogens with zero attached hydrogens (tertiary/aromatic N) is 3. The van der Waals surface area contributed by atoms with Crippen molar-refractivity contribution >= 4 is 44.9 Å². The van der Waals surface area contributed by atoms with Gasteiger partial charge in [0, 0.05) is 5.56 Å². The average Bonchev–Trinajstić information content (AvgIpc) is 3.10. The van der Waals surface area contributed by atoms with E-state index in [2.05, 4.69) is 20.5 Å². The van der Waals surface area contributed by atoms with Crippen molar-refractivity contribution in [2.24, 2.45) is 0 Å². The first-order valence-corrected chi connectivity index (χ1v) is 10.4. The van der Waals surface area contributed by atoms with E-state index in [9.17, 15) is 13.6 Å². The Morgan fingerprint density at radius 1 is 1.10 bits per heavy atom. The summed E-state index contributed by atoms with van der Waals surface area (Å²) in [6.07, 6.45) is 0. The van der Waals surface area contributed by atoms with Crippen LogP contribution in [0.25, 0.3) is 21.5 Å². The maximum Gasteiger partial charge on any atom is 0.234 e. The molecule has 0 aliphatic carbocycles. The molecule has 0 radical (unpaired) electrons. The molecular weight excluding hydrogens is 414 g/mol. The van der Waals surface area contributed by atoms with E-state index in [1.165, 1.54) is 47.4 Å². The van der Waals surface area contributed by atoms with Crippen LogP contribution < -0.4 is 5.32 Å². The zero-order valence-corrected chi connectivity index (χ0v) is 16.8. The van der Waals surface area contributed by atoms with E-state index < -0.39 is 5.82 Å². The minimum Gasteiger partial charge on any atom is -0.323 e. The summed E-state index contributed by atoms with van der Waals surface area (Å²) < 4.78 is 27.7. The van der Waals surface area contributed by atoms with E-state index in [0.29, 0.717) is 16.2 Å².